The van der Waals surface area contributed by atoms with Gasteiger partial charge < -0.3 is 10.2 Å². The molecule has 7 heteroatoms. The third-order valence-corrected chi connectivity index (χ3v) is 9.30. The van der Waals surface area contributed by atoms with Crippen molar-refractivity contribution in [3.8, 4) is 0 Å². The maximum Gasteiger partial charge on any atom is 0.313 e. The lowest BCUT2D eigenvalue weighted by atomic mass is 9.69. The van der Waals surface area contributed by atoms with Gasteiger partial charge in [0, 0.05) is 16.2 Å². The average Bonchev–Trinajstić information content (AvgIpc) is 2.82. The van der Waals surface area contributed by atoms with Crippen molar-refractivity contribution in [2.75, 3.05) is 11.5 Å². The summed E-state index contributed by atoms with van der Waals surface area (Å²) < 4.78 is 27.0. The van der Waals surface area contributed by atoms with E-state index in [0.29, 0.717) is 23.3 Å². The van der Waals surface area contributed by atoms with Crippen molar-refractivity contribution in [1.29, 1.82) is 0 Å². The van der Waals surface area contributed by atoms with Gasteiger partial charge in [0.05, 0.1) is 22.5 Å². The fourth-order valence-electron chi connectivity index (χ4n) is 4.61. The number of thioether (sulfide) groups is 1. The molecule has 1 aliphatic heterocycles. The fourth-order valence-corrected chi connectivity index (χ4v) is 7.53. The van der Waals surface area contributed by atoms with Gasteiger partial charge in [-0.15, -0.1) is 11.8 Å². The van der Waals surface area contributed by atoms with Crippen LogP contribution < -0.4 is 0 Å². The molecule has 3 rings (SSSR count). The maximum absolute atomic E-state index is 13.5. The highest BCUT2D eigenvalue weighted by Crippen LogP contribution is 2.49. The summed E-state index contributed by atoms with van der Waals surface area (Å²) >= 11 is 1.15. The van der Waals surface area contributed by atoms with Gasteiger partial charge in [-0.25, -0.2) is 8.42 Å². The van der Waals surface area contributed by atoms with Gasteiger partial charge in [-0.3, -0.25) is 4.79 Å². The smallest absolute Gasteiger partial charge is 0.313 e. The molecule has 0 saturated heterocycles. The number of fused-ring (bicyclic) bond motifs is 1. The molecule has 0 amide bonds. The van der Waals surface area contributed by atoms with E-state index in [2.05, 4.69) is 6.92 Å². The zero-order valence-corrected chi connectivity index (χ0v) is 19.6. The first-order valence-corrected chi connectivity index (χ1v) is 13.3. The molecule has 31 heavy (non-hydrogen) atoms. The molecule has 168 valence electrons. The normalized spacial score (nSPS) is 24.9. The highest BCUT2D eigenvalue weighted by molar-refractivity contribution is 8.00. The van der Waals surface area contributed by atoms with Crippen LogP contribution in [-0.2, 0) is 14.6 Å². The van der Waals surface area contributed by atoms with Crippen LogP contribution in [0.25, 0.3) is 0 Å². The predicted molar refractivity (Wildman–Crippen MR) is 123 cm³/mol. The summed E-state index contributed by atoms with van der Waals surface area (Å²) in [4.78, 5) is 11.9. The number of carbonyl (C=O) groups is 1. The van der Waals surface area contributed by atoms with Crippen LogP contribution in [0.1, 0.15) is 56.6 Å². The average molecular weight is 463 g/mol. The number of sulfone groups is 1. The Balaban J connectivity index is 2.23. The standard InChI is InChI=1S/C24H30O5S2/c1-3-5-13-24(4-2)16-31(28,29)20-12-11-18(30-15-21(25)26)14-19(20)22(23(24)27)17-9-7-6-8-10-17/h6-12,14,22-23,27H,3-5,13,15-16H2,1-2H3,(H,25,26). The molecule has 0 radical (unpaired) electrons. The van der Waals surface area contributed by atoms with Crippen molar-refractivity contribution < 1.29 is 23.4 Å². The van der Waals surface area contributed by atoms with E-state index in [4.69, 9.17) is 5.11 Å². The SMILES string of the molecule is CCCCC1(CC)CS(=O)(=O)c2ccc(SCC(=O)O)cc2C(c2ccccc2)C1O. The highest BCUT2D eigenvalue weighted by Gasteiger charge is 2.48. The lowest BCUT2D eigenvalue weighted by Crippen LogP contribution is -2.42. The monoisotopic (exact) mass is 462 g/mol. The number of hydrogen-bond donors (Lipinski definition) is 2. The molecule has 1 heterocycles. The Hall–Kier alpha value is -1.83. The third-order valence-electron chi connectivity index (χ3n) is 6.33. The van der Waals surface area contributed by atoms with Crippen LogP contribution in [-0.4, -0.2) is 42.2 Å². The van der Waals surface area contributed by atoms with Crippen LogP contribution in [0.4, 0.5) is 0 Å². The summed E-state index contributed by atoms with van der Waals surface area (Å²) in [5.41, 5.74) is 0.673. The molecule has 2 aromatic carbocycles. The number of carboxylic acid groups (broad SMARTS) is 1. The van der Waals surface area contributed by atoms with Gasteiger partial charge in [-0.2, -0.15) is 0 Å². The summed E-state index contributed by atoms with van der Waals surface area (Å²) in [5.74, 6) is -1.64. The number of aliphatic hydroxyl groups excluding tert-OH is 1. The van der Waals surface area contributed by atoms with Crippen molar-refractivity contribution in [3.05, 3.63) is 59.7 Å². The molecular weight excluding hydrogens is 432 g/mol. The minimum atomic E-state index is -3.64. The number of aliphatic carboxylic acids is 1. The lowest BCUT2D eigenvalue weighted by molar-refractivity contribution is -0.133. The van der Waals surface area contributed by atoms with Crippen molar-refractivity contribution in [3.63, 3.8) is 0 Å². The second-order valence-corrected chi connectivity index (χ2v) is 11.3. The summed E-state index contributed by atoms with van der Waals surface area (Å²) in [7, 11) is -3.64. The van der Waals surface area contributed by atoms with Gasteiger partial charge in [0.2, 0.25) is 0 Å². The Kier molecular flexibility index (Phi) is 7.50. The van der Waals surface area contributed by atoms with Crippen LogP contribution in [0.2, 0.25) is 0 Å². The molecule has 0 fully saturated rings. The molecule has 1 aliphatic rings. The summed E-state index contributed by atoms with van der Waals surface area (Å²) in [6.07, 6.45) is 2.09. The summed E-state index contributed by atoms with van der Waals surface area (Å²) in [5, 5.41) is 20.8. The number of benzene rings is 2. The summed E-state index contributed by atoms with van der Waals surface area (Å²) in [6, 6.07) is 14.5. The van der Waals surface area contributed by atoms with Gasteiger partial charge in [-0.1, -0.05) is 57.0 Å². The predicted octanol–water partition coefficient (Wildman–Crippen LogP) is 4.73. The van der Waals surface area contributed by atoms with Gasteiger partial charge >= 0.3 is 5.97 Å². The second-order valence-electron chi connectivity index (χ2n) is 8.29. The largest absolute Gasteiger partial charge is 0.481 e. The van der Waals surface area contributed by atoms with Crippen LogP contribution in [0, 0.1) is 5.41 Å². The molecule has 5 nitrogen and oxygen atoms in total. The van der Waals surface area contributed by atoms with E-state index in [0.717, 1.165) is 30.2 Å². The van der Waals surface area contributed by atoms with Gasteiger partial charge in [0.1, 0.15) is 0 Å². The third kappa shape index (κ3) is 4.99. The first kappa shape index (κ1) is 23.8. The number of rotatable bonds is 8. The minimum Gasteiger partial charge on any atom is -0.481 e. The first-order valence-electron chi connectivity index (χ1n) is 10.7. The topological polar surface area (TPSA) is 91.7 Å². The van der Waals surface area contributed by atoms with Crippen molar-refractivity contribution in [2.24, 2.45) is 5.41 Å². The summed E-state index contributed by atoms with van der Waals surface area (Å²) in [6.45, 7) is 4.02. The van der Waals surface area contributed by atoms with E-state index in [1.165, 1.54) is 0 Å². The molecule has 3 unspecified atom stereocenters. The van der Waals surface area contributed by atoms with Crippen LogP contribution in [0.5, 0.6) is 0 Å². The van der Waals surface area contributed by atoms with Crippen LogP contribution in [0.3, 0.4) is 0 Å². The minimum absolute atomic E-state index is 0.0877. The van der Waals surface area contributed by atoms with Gasteiger partial charge in [0.15, 0.2) is 9.84 Å². The van der Waals surface area contributed by atoms with Crippen LogP contribution in [0.15, 0.2) is 58.3 Å². The Morgan fingerprint density at radius 3 is 2.48 bits per heavy atom. The molecule has 0 saturated carbocycles. The maximum atomic E-state index is 13.5. The van der Waals surface area contributed by atoms with E-state index >= 15 is 0 Å². The Morgan fingerprint density at radius 1 is 1.16 bits per heavy atom. The van der Waals surface area contributed by atoms with E-state index in [-0.39, 0.29) is 16.4 Å². The molecule has 0 spiro atoms. The van der Waals surface area contributed by atoms with Crippen molar-refractivity contribution in [1.82, 2.24) is 0 Å². The number of carboxylic acids is 1. The Labute approximate surface area is 188 Å². The van der Waals surface area contributed by atoms with Crippen molar-refractivity contribution in [2.45, 2.75) is 61.3 Å². The molecule has 3 atom stereocenters. The second kappa shape index (κ2) is 9.76. The molecule has 2 aromatic rings. The molecule has 0 aromatic heterocycles. The van der Waals surface area contributed by atoms with Gasteiger partial charge in [-0.05, 0) is 42.2 Å². The zero-order valence-electron chi connectivity index (χ0n) is 18.0. The van der Waals surface area contributed by atoms with E-state index < -0.39 is 33.2 Å². The molecule has 0 aliphatic carbocycles. The zero-order chi connectivity index (χ0) is 22.6. The number of hydrogen-bond acceptors (Lipinski definition) is 5. The molecular formula is C24H30O5S2. The fraction of sp³-hybridized carbons (Fsp3) is 0.458. The van der Waals surface area contributed by atoms with E-state index in [9.17, 15) is 18.3 Å². The molecule has 0 bridgehead atoms. The molecule has 2 N–H and O–H groups in total. The van der Waals surface area contributed by atoms with Crippen molar-refractivity contribution >= 4 is 27.6 Å². The van der Waals surface area contributed by atoms with E-state index in [1.807, 2.05) is 37.3 Å². The lowest BCUT2D eigenvalue weighted by Gasteiger charge is -2.39. The Morgan fingerprint density at radius 2 is 1.87 bits per heavy atom. The number of aliphatic hydroxyl groups is 1. The highest BCUT2D eigenvalue weighted by atomic mass is 32.2. The first-order chi connectivity index (χ1) is 14.7. The van der Waals surface area contributed by atoms with E-state index in [1.54, 1.807) is 18.2 Å². The Bertz CT molecular complexity index is 1020. The number of unbranched alkanes of at least 4 members (excludes halogenated alkanes) is 1. The quantitative estimate of drug-likeness (QED) is 0.551. The van der Waals surface area contributed by atoms with Gasteiger partial charge in [0.25, 0.3) is 0 Å². The van der Waals surface area contributed by atoms with Crippen LogP contribution >= 0.6 is 11.8 Å².